The van der Waals surface area contributed by atoms with Crippen molar-refractivity contribution in [2.24, 2.45) is 17.8 Å². The van der Waals surface area contributed by atoms with Gasteiger partial charge in [0.15, 0.2) is 0 Å². The Balaban J connectivity index is 1.34. The summed E-state index contributed by atoms with van der Waals surface area (Å²) in [5.74, 6) is 2.73. The number of anilines is 1. The minimum atomic E-state index is 0.891. The molecule has 1 aromatic carbocycles. The maximum absolute atomic E-state index is 2.71. The Hall–Kier alpha value is -1.28. The monoisotopic (exact) mass is 296 g/mol. The first-order valence-corrected chi connectivity index (χ1v) is 8.92. The van der Waals surface area contributed by atoms with Crippen molar-refractivity contribution in [2.45, 2.75) is 26.7 Å². The molecule has 118 valence electrons. The summed E-state index contributed by atoms with van der Waals surface area (Å²) in [6.07, 6.45) is 7.83. The third-order valence-electron chi connectivity index (χ3n) is 5.99. The molecule has 2 bridgehead atoms. The van der Waals surface area contributed by atoms with Crippen LogP contribution in [0.3, 0.4) is 0 Å². The van der Waals surface area contributed by atoms with E-state index in [1.807, 2.05) is 0 Å². The molecule has 22 heavy (non-hydrogen) atoms. The van der Waals surface area contributed by atoms with E-state index >= 15 is 0 Å². The molecule has 0 spiro atoms. The second kappa shape index (κ2) is 5.73. The van der Waals surface area contributed by atoms with Crippen molar-refractivity contribution < 1.29 is 0 Å². The summed E-state index contributed by atoms with van der Waals surface area (Å²) in [5, 5.41) is 0. The molecule has 1 aromatic rings. The van der Waals surface area contributed by atoms with Crippen molar-refractivity contribution in [3.05, 3.63) is 41.5 Å². The maximum atomic E-state index is 2.71. The van der Waals surface area contributed by atoms with Crippen LogP contribution in [0.25, 0.3) is 0 Å². The van der Waals surface area contributed by atoms with Gasteiger partial charge in [-0.1, -0.05) is 24.3 Å². The van der Waals surface area contributed by atoms with Crippen LogP contribution in [0.4, 0.5) is 5.69 Å². The van der Waals surface area contributed by atoms with Gasteiger partial charge >= 0.3 is 0 Å². The Morgan fingerprint density at radius 2 is 1.82 bits per heavy atom. The third kappa shape index (κ3) is 2.69. The molecule has 1 saturated heterocycles. The second-order valence-corrected chi connectivity index (χ2v) is 7.62. The normalized spacial score (nSPS) is 31.2. The van der Waals surface area contributed by atoms with Gasteiger partial charge in [-0.3, -0.25) is 4.90 Å². The van der Waals surface area contributed by atoms with E-state index in [0.717, 1.165) is 17.8 Å². The molecular formula is C20H28N2. The number of allylic oxidation sites excluding steroid dienone is 2. The zero-order valence-electron chi connectivity index (χ0n) is 14.0. The Kier molecular flexibility index (Phi) is 3.73. The lowest BCUT2D eigenvalue weighted by atomic mass is 9.93. The van der Waals surface area contributed by atoms with Gasteiger partial charge < -0.3 is 4.90 Å². The van der Waals surface area contributed by atoms with Gasteiger partial charge in [0, 0.05) is 38.4 Å². The van der Waals surface area contributed by atoms with E-state index in [2.05, 4.69) is 54.0 Å². The van der Waals surface area contributed by atoms with E-state index < -0.39 is 0 Å². The Morgan fingerprint density at radius 3 is 2.50 bits per heavy atom. The zero-order chi connectivity index (χ0) is 15.1. The number of rotatable bonds is 3. The summed E-state index contributed by atoms with van der Waals surface area (Å²) in [6, 6.07) is 6.84. The first kappa shape index (κ1) is 14.3. The largest absolute Gasteiger partial charge is 0.369 e. The molecule has 3 aliphatic rings. The number of benzene rings is 1. The lowest BCUT2D eigenvalue weighted by Gasteiger charge is -2.38. The fraction of sp³-hybridized carbons (Fsp3) is 0.600. The molecule has 0 N–H and O–H groups in total. The highest BCUT2D eigenvalue weighted by Gasteiger charge is 2.36. The number of fused-ring (bicyclic) bond motifs is 2. The first-order chi connectivity index (χ1) is 10.7. The third-order valence-corrected chi connectivity index (χ3v) is 5.99. The smallest absolute Gasteiger partial charge is 0.0399 e. The fourth-order valence-electron chi connectivity index (χ4n) is 4.67. The van der Waals surface area contributed by atoms with Crippen LogP contribution in [0.15, 0.2) is 30.4 Å². The minimum absolute atomic E-state index is 0.891. The number of aryl methyl sites for hydroxylation is 2. The number of hydrogen-bond donors (Lipinski definition) is 0. The number of hydrogen-bond acceptors (Lipinski definition) is 2. The van der Waals surface area contributed by atoms with Gasteiger partial charge in [0.2, 0.25) is 0 Å². The lowest BCUT2D eigenvalue weighted by Crippen LogP contribution is -2.48. The van der Waals surface area contributed by atoms with Gasteiger partial charge in [0.05, 0.1) is 0 Å². The SMILES string of the molecule is Cc1ccc(C)c(N2CCN(CC3CC4C=CC3C4)CC2)c1. The highest BCUT2D eigenvalue weighted by molar-refractivity contribution is 5.55. The maximum Gasteiger partial charge on any atom is 0.0399 e. The van der Waals surface area contributed by atoms with Crippen LogP contribution in [-0.2, 0) is 0 Å². The molecule has 0 amide bonds. The summed E-state index contributed by atoms with van der Waals surface area (Å²) < 4.78 is 0. The predicted molar refractivity (Wildman–Crippen MR) is 93.4 cm³/mol. The molecule has 1 heterocycles. The predicted octanol–water partition coefficient (Wildman–Crippen LogP) is 3.64. The number of piperazine rings is 1. The van der Waals surface area contributed by atoms with Gasteiger partial charge in [0.25, 0.3) is 0 Å². The summed E-state index contributed by atoms with van der Waals surface area (Å²) in [6.45, 7) is 10.6. The van der Waals surface area contributed by atoms with Gasteiger partial charge in [0.1, 0.15) is 0 Å². The van der Waals surface area contributed by atoms with Crippen molar-refractivity contribution in [3.8, 4) is 0 Å². The minimum Gasteiger partial charge on any atom is -0.369 e. The summed E-state index contributed by atoms with van der Waals surface area (Å²) >= 11 is 0. The van der Waals surface area contributed by atoms with Crippen LogP contribution in [0, 0.1) is 31.6 Å². The molecule has 3 atom stereocenters. The standard InChI is InChI=1S/C20H28N2/c1-15-3-4-16(2)20(11-15)22-9-7-21(8-10-22)14-19-13-17-5-6-18(19)12-17/h3-6,11,17-19H,7-10,12-14H2,1-2H3. The molecule has 0 aromatic heterocycles. The van der Waals surface area contributed by atoms with Crippen molar-refractivity contribution >= 4 is 5.69 Å². The molecular weight excluding hydrogens is 268 g/mol. The van der Waals surface area contributed by atoms with Gasteiger partial charge in [-0.15, -0.1) is 0 Å². The molecule has 1 aliphatic heterocycles. The quantitative estimate of drug-likeness (QED) is 0.786. The van der Waals surface area contributed by atoms with E-state index in [1.165, 1.54) is 62.4 Å². The molecule has 0 radical (unpaired) electrons. The van der Waals surface area contributed by atoms with E-state index in [0.29, 0.717) is 0 Å². The van der Waals surface area contributed by atoms with E-state index in [4.69, 9.17) is 0 Å². The van der Waals surface area contributed by atoms with Crippen LogP contribution in [-0.4, -0.2) is 37.6 Å². The Labute approximate surface area is 134 Å². The summed E-state index contributed by atoms with van der Waals surface area (Å²) in [5.41, 5.74) is 4.23. The average Bonchev–Trinajstić information content (AvgIpc) is 3.13. The van der Waals surface area contributed by atoms with Crippen molar-refractivity contribution in [2.75, 3.05) is 37.6 Å². The van der Waals surface area contributed by atoms with Crippen LogP contribution in [0.5, 0.6) is 0 Å². The summed E-state index contributed by atoms with van der Waals surface area (Å²) in [7, 11) is 0. The highest BCUT2D eigenvalue weighted by Crippen LogP contribution is 2.43. The molecule has 2 aliphatic carbocycles. The molecule has 3 unspecified atom stereocenters. The van der Waals surface area contributed by atoms with Crippen molar-refractivity contribution in [1.82, 2.24) is 4.90 Å². The molecule has 2 nitrogen and oxygen atoms in total. The van der Waals surface area contributed by atoms with Crippen LogP contribution >= 0.6 is 0 Å². The summed E-state index contributed by atoms with van der Waals surface area (Å²) in [4.78, 5) is 5.29. The average molecular weight is 296 g/mol. The Morgan fingerprint density at radius 1 is 1.00 bits per heavy atom. The lowest BCUT2D eigenvalue weighted by molar-refractivity contribution is 0.204. The number of nitrogens with zero attached hydrogens (tertiary/aromatic N) is 2. The zero-order valence-corrected chi connectivity index (χ0v) is 14.0. The molecule has 1 saturated carbocycles. The van der Waals surface area contributed by atoms with Crippen LogP contribution < -0.4 is 4.90 Å². The van der Waals surface area contributed by atoms with Crippen LogP contribution in [0.1, 0.15) is 24.0 Å². The molecule has 4 rings (SSSR count). The van der Waals surface area contributed by atoms with Crippen LogP contribution in [0.2, 0.25) is 0 Å². The van der Waals surface area contributed by atoms with E-state index in [-0.39, 0.29) is 0 Å². The second-order valence-electron chi connectivity index (χ2n) is 7.62. The topological polar surface area (TPSA) is 6.48 Å². The molecule has 2 fully saturated rings. The fourth-order valence-corrected chi connectivity index (χ4v) is 4.67. The first-order valence-electron chi connectivity index (χ1n) is 8.92. The van der Waals surface area contributed by atoms with Gasteiger partial charge in [-0.2, -0.15) is 0 Å². The van der Waals surface area contributed by atoms with E-state index in [9.17, 15) is 0 Å². The van der Waals surface area contributed by atoms with Crippen molar-refractivity contribution in [3.63, 3.8) is 0 Å². The van der Waals surface area contributed by atoms with E-state index in [1.54, 1.807) is 0 Å². The van der Waals surface area contributed by atoms with Gasteiger partial charge in [-0.05, 0) is 61.6 Å². The van der Waals surface area contributed by atoms with Crippen molar-refractivity contribution in [1.29, 1.82) is 0 Å². The van der Waals surface area contributed by atoms with Gasteiger partial charge in [-0.25, -0.2) is 0 Å². The molecule has 2 heteroatoms. The highest BCUT2D eigenvalue weighted by atomic mass is 15.3. The Bertz CT molecular complexity index is 569.